The molecule has 0 spiro atoms. The number of non-ortho nitro benzene ring substituents is 1. The highest BCUT2D eigenvalue weighted by atomic mass is 19.1. The molecule has 1 N–H and O–H groups in total. The Labute approximate surface area is 199 Å². The fraction of sp³-hybridized carbons (Fsp3) is 0.240. The Morgan fingerprint density at radius 3 is 2.69 bits per heavy atom. The lowest BCUT2D eigenvalue weighted by Crippen LogP contribution is -2.29. The van der Waals surface area contributed by atoms with Crippen LogP contribution in [0.2, 0.25) is 0 Å². The van der Waals surface area contributed by atoms with Gasteiger partial charge in [0.25, 0.3) is 11.2 Å². The third kappa shape index (κ3) is 4.01. The Bertz CT molecular complexity index is 1510. The van der Waals surface area contributed by atoms with E-state index in [9.17, 15) is 19.3 Å². The summed E-state index contributed by atoms with van der Waals surface area (Å²) in [5.41, 5.74) is 1.66. The van der Waals surface area contributed by atoms with Crippen molar-refractivity contribution in [1.82, 2.24) is 19.9 Å². The van der Waals surface area contributed by atoms with Crippen LogP contribution >= 0.6 is 0 Å². The van der Waals surface area contributed by atoms with E-state index >= 15 is 0 Å². The van der Waals surface area contributed by atoms with E-state index in [1.807, 2.05) is 6.92 Å². The molecule has 1 aliphatic rings. The summed E-state index contributed by atoms with van der Waals surface area (Å²) >= 11 is 0. The molecule has 0 unspecified atom stereocenters. The summed E-state index contributed by atoms with van der Waals surface area (Å²) in [4.78, 5) is 34.2. The molecular weight excluding hydrogens is 453 g/mol. The number of rotatable bonds is 5. The van der Waals surface area contributed by atoms with Crippen molar-refractivity contribution in [3.05, 3.63) is 86.5 Å². The minimum absolute atomic E-state index is 0.0425. The standard InChI is InChI=1S/C25H22FN5O4/c1-14-5-6-15(13-28-14)18-10-17(31(33)34)11-19-23(18)29-24(21-4-3-9-27-21)30(25(19)32)16-7-8-22(35-2)20(26)12-16/h5-8,10-13,21,27H,3-4,9H2,1-2H3/t21-/m1/s1. The minimum atomic E-state index is -0.632. The molecule has 1 atom stereocenters. The Kier molecular flexibility index (Phi) is 5.73. The number of nitrogens with one attached hydrogen (secondary N) is 1. The molecule has 1 aliphatic heterocycles. The van der Waals surface area contributed by atoms with Gasteiger partial charge in [-0.05, 0) is 44.5 Å². The molecule has 2 aromatic carbocycles. The molecule has 0 amide bonds. The van der Waals surface area contributed by atoms with Gasteiger partial charge >= 0.3 is 0 Å². The van der Waals surface area contributed by atoms with Gasteiger partial charge in [-0.25, -0.2) is 9.37 Å². The highest BCUT2D eigenvalue weighted by molar-refractivity contribution is 5.95. The zero-order chi connectivity index (χ0) is 24.7. The highest BCUT2D eigenvalue weighted by Gasteiger charge is 2.27. The molecule has 0 radical (unpaired) electrons. The van der Waals surface area contributed by atoms with Crippen LogP contribution in [-0.4, -0.2) is 33.1 Å². The third-order valence-electron chi connectivity index (χ3n) is 6.18. The van der Waals surface area contributed by atoms with Gasteiger partial charge in [0.1, 0.15) is 5.82 Å². The van der Waals surface area contributed by atoms with Crippen LogP contribution in [0.4, 0.5) is 10.1 Å². The van der Waals surface area contributed by atoms with Gasteiger partial charge in [0.15, 0.2) is 11.6 Å². The number of hydrogen-bond donors (Lipinski definition) is 1. The maximum Gasteiger partial charge on any atom is 0.271 e. The Morgan fingerprint density at radius 1 is 1.23 bits per heavy atom. The Balaban J connectivity index is 1.86. The van der Waals surface area contributed by atoms with Gasteiger partial charge in [0.2, 0.25) is 0 Å². The van der Waals surface area contributed by atoms with Crippen LogP contribution in [0.25, 0.3) is 27.7 Å². The van der Waals surface area contributed by atoms with Crippen LogP contribution < -0.4 is 15.6 Å². The SMILES string of the molecule is COc1ccc(-n2c([C@H]3CCCN3)nc3c(-c4ccc(C)nc4)cc([N+](=O)[O-])cc3c2=O)cc1F. The first-order valence-electron chi connectivity index (χ1n) is 11.1. The second-order valence-electron chi connectivity index (χ2n) is 8.41. The number of pyridine rings is 1. The van der Waals surface area contributed by atoms with Crippen molar-refractivity contribution in [2.75, 3.05) is 13.7 Å². The van der Waals surface area contributed by atoms with Crippen LogP contribution in [0.3, 0.4) is 0 Å². The monoisotopic (exact) mass is 475 g/mol. The van der Waals surface area contributed by atoms with E-state index < -0.39 is 16.3 Å². The van der Waals surface area contributed by atoms with Gasteiger partial charge in [-0.2, -0.15) is 0 Å². The number of aryl methyl sites for hydroxylation is 1. The quantitative estimate of drug-likeness (QED) is 0.339. The molecule has 1 fully saturated rings. The molecular formula is C25H22FN5O4. The largest absolute Gasteiger partial charge is 0.494 e. The fourth-order valence-corrected chi connectivity index (χ4v) is 4.43. The molecule has 178 valence electrons. The first-order chi connectivity index (χ1) is 16.9. The fourth-order valence-electron chi connectivity index (χ4n) is 4.43. The number of hydrogen-bond acceptors (Lipinski definition) is 7. The lowest BCUT2D eigenvalue weighted by atomic mass is 10.0. The number of nitro benzene ring substituents is 1. The number of nitrogens with zero attached hydrogens (tertiary/aromatic N) is 4. The number of ether oxygens (including phenoxy) is 1. The molecule has 3 heterocycles. The number of methoxy groups -OCH3 is 1. The van der Waals surface area contributed by atoms with Gasteiger partial charge < -0.3 is 10.1 Å². The van der Waals surface area contributed by atoms with E-state index in [0.29, 0.717) is 22.5 Å². The van der Waals surface area contributed by atoms with Crippen LogP contribution in [0.15, 0.2) is 53.5 Å². The summed E-state index contributed by atoms with van der Waals surface area (Å²) in [6.07, 6.45) is 3.24. The maximum absolute atomic E-state index is 14.6. The van der Waals surface area contributed by atoms with Crippen molar-refractivity contribution in [1.29, 1.82) is 0 Å². The lowest BCUT2D eigenvalue weighted by molar-refractivity contribution is -0.384. The molecule has 5 rings (SSSR count). The summed E-state index contributed by atoms with van der Waals surface area (Å²) in [5.74, 6) is -0.173. The van der Waals surface area contributed by atoms with E-state index in [1.54, 1.807) is 24.4 Å². The second kappa shape index (κ2) is 8.88. The van der Waals surface area contributed by atoms with Crippen molar-refractivity contribution in [2.45, 2.75) is 25.8 Å². The molecule has 0 saturated carbocycles. The first kappa shape index (κ1) is 22.6. The molecule has 0 aliphatic carbocycles. The maximum atomic E-state index is 14.6. The van der Waals surface area contributed by atoms with Crippen molar-refractivity contribution in [3.8, 4) is 22.6 Å². The van der Waals surface area contributed by atoms with Crippen LogP contribution in [0.5, 0.6) is 5.75 Å². The van der Waals surface area contributed by atoms with Crippen LogP contribution in [-0.2, 0) is 0 Å². The van der Waals surface area contributed by atoms with Gasteiger partial charge in [0.05, 0.1) is 34.7 Å². The number of fused-ring (bicyclic) bond motifs is 1. The number of nitro groups is 1. The molecule has 0 bridgehead atoms. The van der Waals surface area contributed by atoms with Gasteiger partial charge in [-0.1, -0.05) is 6.07 Å². The predicted molar refractivity (Wildman–Crippen MR) is 128 cm³/mol. The highest BCUT2D eigenvalue weighted by Crippen LogP contribution is 2.33. The normalized spacial score (nSPS) is 15.5. The van der Waals surface area contributed by atoms with E-state index in [-0.39, 0.29) is 28.6 Å². The first-order valence-corrected chi connectivity index (χ1v) is 11.1. The number of benzene rings is 2. The van der Waals surface area contributed by atoms with Crippen molar-refractivity contribution in [3.63, 3.8) is 0 Å². The molecule has 9 nitrogen and oxygen atoms in total. The average molecular weight is 475 g/mol. The molecule has 35 heavy (non-hydrogen) atoms. The number of halogens is 1. The van der Waals surface area contributed by atoms with Gasteiger partial charge in [-0.15, -0.1) is 0 Å². The van der Waals surface area contributed by atoms with E-state index in [0.717, 1.165) is 25.1 Å². The summed E-state index contributed by atoms with van der Waals surface area (Å²) in [6.45, 7) is 2.59. The van der Waals surface area contributed by atoms with E-state index in [4.69, 9.17) is 9.72 Å². The van der Waals surface area contributed by atoms with Gasteiger partial charge in [-0.3, -0.25) is 24.5 Å². The third-order valence-corrected chi connectivity index (χ3v) is 6.18. The predicted octanol–water partition coefficient (Wildman–Crippen LogP) is 4.24. The molecule has 4 aromatic rings. The summed E-state index contributed by atoms with van der Waals surface area (Å²) in [5, 5.41) is 15.1. The summed E-state index contributed by atoms with van der Waals surface area (Å²) < 4.78 is 20.9. The topological polar surface area (TPSA) is 112 Å². The number of aromatic nitrogens is 3. The Hall–Kier alpha value is -4.18. The zero-order valence-electron chi connectivity index (χ0n) is 19.1. The smallest absolute Gasteiger partial charge is 0.271 e. The van der Waals surface area contributed by atoms with Gasteiger partial charge in [0, 0.05) is 41.2 Å². The van der Waals surface area contributed by atoms with Crippen LogP contribution in [0, 0.1) is 22.9 Å². The molecule has 10 heteroatoms. The van der Waals surface area contributed by atoms with Crippen molar-refractivity contribution in [2.24, 2.45) is 0 Å². The lowest BCUT2D eigenvalue weighted by Gasteiger charge is -2.19. The minimum Gasteiger partial charge on any atom is -0.494 e. The van der Waals surface area contributed by atoms with E-state index in [1.165, 1.54) is 35.9 Å². The average Bonchev–Trinajstić information content (AvgIpc) is 3.39. The van der Waals surface area contributed by atoms with Crippen molar-refractivity contribution < 1.29 is 14.1 Å². The Morgan fingerprint density at radius 2 is 2.06 bits per heavy atom. The second-order valence-corrected chi connectivity index (χ2v) is 8.41. The summed E-state index contributed by atoms with van der Waals surface area (Å²) in [7, 11) is 1.36. The molecule has 2 aromatic heterocycles. The van der Waals surface area contributed by atoms with E-state index in [2.05, 4.69) is 10.3 Å². The molecule has 1 saturated heterocycles. The van der Waals surface area contributed by atoms with Crippen molar-refractivity contribution >= 4 is 16.6 Å². The zero-order valence-corrected chi connectivity index (χ0v) is 19.1. The van der Waals surface area contributed by atoms with Crippen LogP contribution in [0.1, 0.15) is 30.4 Å². The summed E-state index contributed by atoms with van der Waals surface area (Å²) in [6, 6.07) is 10.2.